The van der Waals surface area contributed by atoms with E-state index in [1.54, 1.807) is 12.1 Å². The third kappa shape index (κ3) is 3.25. The zero-order chi connectivity index (χ0) is 13.2. The molecule has 0 aliphatic carbocycles. The molecule has 0 amide bonds. The molecule has 1 saturated heterocycles. The van der Waals surface area contributed by atoms with Crippen LogP contribution in [-0.4, -0.2) is 38.9 Å². The lowest BCUT2D eigenvalue weighted by Crippen LogP contribution is -2.33. The van der Waals surface area contributed by atoms with Gasteiger partial charge in [0, 0.05) is 19.1 Å². The number of halogens is 1. The van der Waals surface area contributed by atoms with Crippen LogP contribution >= 0.6 is 12.4 Å². The van der Waals surface area contributed by atoms with Crippen molar-refractivity contribution >= 4 is 22.4 Å². The number of rotatable bonds is 3. The molecule has 0 bridgehead atoms. The van der Waals surface area contributed by atoms with Crippen molar-refractivity contribution in [2.24, 2.45) is 0 Å². The van der Waals surface area contributed by atoms with Gasteiger partial charge in [0.25, 0.3) is 0 Å². The van der Waals surface area contributed by atoms with Crippen molar-refractivity contribution in [2.75, 3.05) is 20.1 Å². The topological polar surface area (TPSA) is 73.2 Å². The van der Waals surface area contributed by atoms with E-state index in [0.717, 1.165) is 6.42 Å². The van der Waals surface area contributed by atoms with Crippen LogP contribution in [0.1, 0.15) is 12.0 Å². The number of likely N-dealkylation sites (N-methyl/N-ethyl adjacent to an activating group) is 1. The Morgan fingerprint density at radius 2 is 2.21 bits per heavy atom. The number of benzene rings is 1. The van der Waals surface area contributed by atoms with Crippen LogP contribution in [0.2, 0.25) is 0 Å². The van der Waals surface area contributed by atoms with E-state index < -0.39 is 10.0 Å². The van der Waals surface area contributed by atoms with Gasteiger partial charge in [-0.3, -0.25) is 0 Å². The van der Waals surface area contributed by atoms with Crippen LogP contribution in [0.5, 0.6) is 0 Å². The SMILES string of the molecule is CNC1CCN(S(=O)(=O)c2cccc(C#N)c2)C1.Cl. The molecule has 2 rings (SSSR count). The molecular weight excluding hydrogens is 286 g/mol. The zero-order valence-electron chi connectivity index (χ0n) is 10.5. The predicted molar refractivity (Wildman–Crippen MR) is 74.6 cm³/mol. The molecule has 1 heterocycles. The molecule has 0 saturated carbocycles. The number of nitrogens with one attached hydrogen (secondary N) is 1. The van der Waals surface area contributed by atoms with E-state index in [1.807, 2.05) is 13.1 Å². The highest BCUT2D eigenvalue weighted by Gasteiger charge is 2.31. The average Bonchev–Trinajstić information content (AvgIpc) is 2.88. The van der Waals surface area contributed by atoms with Crippen LogP contribution in [0.15, 0.2) is 29.2 Å². The fraction of sp³-hybridized carbons (Fsp3) is 0.417. The van der Waals surface area contributed by atoms with Crippen molar-refractivity contribution < 1.29 is 8.42 Å². The van der Waals surface area contributed by atoms with Crippen molar-refractivity contribution in [3.05, 3.63) is 29.8 Å². The van der Waals surface area contributed by atoms with Gasteiger partial charge < -0.3 is 5.32 Å². The summed E-state index contributed by atoms with van der Waals surface area (Å²) >= 11 is 0. The number of sulfonamides is 1. The van der Waals surface area contributed by atoms with Crippen molar-refractivity contribution in [2.45, 2.75) is 17.4 Å². The van der Waals surface area contributed by atoms with Crippen molar-refractivity contribution in [1.82, 2.24) is 9.62 Å². The Balaban J connectivity index is 0.00000180. The molecule has 1 aromatic carbocycles. The molecule has 104 valence electrons. The van der Waals surface area contributed by atoms with Crippen LogP contribution < -0.4 is 5.32 Å². The maximum Gasteiger partial charge on any atom is 0.243 e. The third-order valence-electron chi connectivity index (χ3n) is 3.16. The summed E-state index contributed by atoms with van der Waals surface area (Å²) in [6.45, 7) is 1.00. The molecule has 1 aromatic rings. The van der Waals surface area contributed by atoms with E-state index in [4.69, 9.17) is 5.26 Å². The van der Waals surface area contributed by atoms with Crippen molar-refractivity contribution in [1.29, 1.82) is 5.26 Å². The predicted octanol–water partition coefficient (Wildman–Crippen LogP) is 0.962. The molecule has 5 nitrogen and oxygen atoms in total. The highest BCUT2D eigenvalue weighted by molar-refractivity contribution is 7.89. The fourth-order valence-corrected chi connectivity index (χ4v) is 3.60. The van der Waals surface area contributed by atoms with Gasteiger partial charge in [0.05, 0.1) is 16.5 Å². The van der Waals surface area contributed by atoms with Crippen LogP contribution in [-0.2, 0) is 10.0 Å². The largest absolute Gasteiger partial charge is 0.316 e. The highest BCUT2D eigenvalue weighted by atomic mass is 35.5. The van der Waals surface area contributed by atoms with Gasteiger partial charge in [0.1, 0.15) is 0 Å². The maximum atomic E-state index is 12.4. The Kier molecular flexibility index (Phi) is 5.32. The van der Waals surface area contributed by atoms with E-state index in [1.165, 1.54) is 16.4 Å². The molecular formula is C12H16ClN3O2S. The quantitative estimate of drug-likeness (QED) is 0.902. The summed E-state index contributed by atoms with van der Waals surface area (Å²) < 4.78 is 26.2. The molecule has 1 N–H and O–H groups in total. The summed E-state index contributed by atoms with van der Waals surface area (Å²) in [5.74, 6) is 0. The lowest BCUT2D eigenvalue weighted by atomic mass is 10.2. The maximum absolute atomic E-state index is 12.4. The molecule has 1 aliphatic rings. The van der Waals surface area contributed by atoms with Crippen LogP contribution in [0.3, 0.4) is 0 Å². The lowest BCUT2D eigenvalue weighted by Gasteiger charge is -2.16. The smallest absolute Gasteiger partial charge is 0.243 e. The van der Waals surface area contributed by atoms with Gasteiger partial charge in [-0.1, -0.05) is 6.07 Å². The van der Waals surface area contributed by atoms with E-state index in [2.05, 4.69) is 5.32 Å². The molecule has 19 heavy (non-hydrogen) atoms. The van der Waals surface area contributed by atoms with Gasteiger partial charge >= 0.3 is 0 Å². The fourth-order valence-electron chi connectivity index (χ4n) is 2.06. The monoisotopic (exact) mass is 301 g/mol. The van der Waals surface area contributed by atoms with Gasteiger partial charge in [-0.2, -0.15) is 9.57 Å². The molecule has 1 aliphatic heterocycles. The van der Waals surface area contributed by atoms with E-state index >= 15 is 0 Å². The first-order valence-corrected chi connectivity index (χ1v) is 7.19. The van der Waals surface area contributed by atoms with Crippen molar-refractivity contribution in [3.8, 4) is 6.07 Å². The average molecular weight is 302 g/mol. The standard InChI is InChI=1S/C12H15N3O2S.ClH/c1-14-11-5-6-15(9-11)18(16,17)12-4-2-3-10(7-12)8-13;/h2-4,7,11,14H,5-6,9H2,1H3;1H. The number of hydrogen-bond acceptors (Lipinski definition) is 4. The molecule has 1 fully saturated rings. The molecule has 7 heteroatoms. The second kappa shape index (κ2) is 6.35. The molecule has 0 spiro atoms. The normalized spacial score (nSPS) is 19.7. The summed E-state index contributed by atoms with van der Waals surface area (Å²) in [4.78, 5) is 0.193. The molecule has 0 radical (unpaired) electrons. The summed E-state index contributed by atoms with van der Waals surface area (Å²) in [6.07, 6.45) is 0.813. The van der Waals surface area contributed by atoms with Gasteiger partial charge in [0.15, 0.2) is 0 Å². The Morgan fingerprint density at radius 3 is 2.79 bits per heavy atom. The molecule has 1 unspecified atom stereocenters. The first kappa shape index (κ1) is 15.9. The first-order chi connectivity index (χ1) is 8.57. The second-order valence-corrected chi connectivity index (χ2v) is 6.21. The summed E-state index contributed by atoms with van der Waals surface area (Å²) in [6, 6.07) is 8.30. The summed E-state index contributed by atoms with van der Waals surface area (Å²) in [5, 5.41) is 11.9. The van der Waals surface area contributed by atoms with Crippen LogP contribution in [0.25, 0.3) is 0 Å². The zero-order valence-corrected chi connectivity index (χ0v) is 12.2. The van der Waals surface area contributed by atoms with E-state index in [-0.39, 0.29) is 23.3 Å². The van der Waals surface area contributed by atoms with E-state index in [9.17, 15) is 8.42 Å². The molecule has 1 atom stereocenters. The Morgan fingerprint density at radius 1 is 1.47 bits per heavy atom. The van der Waals surface area contributed by atoms with Crippen molar-refractivity contribution in [3.63, 3.8) is 0 Å². The number of nitrogens with zero attached hydrogens (tertiary/aromatic N) is 2. The van der Waals surface area contributed by atoms with Gasteiger partial charge in [-0.05, 0) is 31.7 Å². The molecule has 0 aromatic heterocycles. The van der Waals surface area contributed by atoms with Crippen LogP contribution in [0, 0.1) is 11.3 Å². The second-order valence-electron chi connectivity index (χ2n) is 4.28. The third-order valence-corrected chi connectivity index (χ3v) is 5.02. The van der Waals surface area contributed by atoms with E-state index in [0.29, 0.717) is 18.7 Å². The van der Waals surface area contributed by atoms with Gasteiger partial charge in [0.2, 0.25) is 10.0 Å². The Bertz CT molecular complexity index is 583. The number of hydrogen-bond donors (Lipinski definition) is 1. The first-order valence-electron chi connectivity index (χ1n) is 5.75. The summed E-state index contributed by atoms with van der Waals surface area (Å²) in [7, 11) is -1.64. The highest BCUT2D eigenvalue weighted by Crippen LogP contribution is 2.21. The minimum absolute atomic E-state index is 0. The number of nitriles is 1. The lowest BCUT2D eigenvalue weighted by molar-refractivity contribution is 0.464. The van der Waals surface area contributed by atoms with Gasteiger partial charge in [-0.25, -0.2) is 8.42 Å². The Labute approximate surface area is 119 Å². The summed E-state index contributed by atoms with van der Waals surface area (Å²) in [5.41, 5.74) is 0.362. The minimum atomic E-state index is -3.47. The minimum Gasteiger partial charge on any atom is -0.316 e. The van der Waals surface area contributed by atoms with Gasteiger partial charge in [-0.15, -0.1) is 12.4 Å². The Hall–Kier alpha value is -1.13. The van der Waals surface area contributed by atoms with Crippen LogP contribution in [0.4, 0.5) is 0 Å².